The topological polar surface area (TPSA) is 4.93 Å². The van der Waals surface area contributed by atoms with Gasteiger partial charge in [0.05, 0.1) is 0 Å². The van der Waals surface area contributed by atoms with Gasteiger partial charge >= 0.3 is 0 Å². The largest absolute Gasteiger partial charge is 0.335 e. The van der Waals surface area contributed by atoms with Crippen molar-refractivity contribution in [3.05, 3.63) is 71.8 Å². The number of para-hydroxylation sites is 1. The molecule has 0 radical (unpaired) electrons. The van der Waals surface area contributed by atoms with E-state index in [9.17, 15) is 0 Å². The Hall–Kier alpha value is -2.54. The molecule has 0 saturated heterocycles. The highest BCUT2D eigenvalue weighted by Crippen LogP contribution is 2.51. The SMILES string of the molecule is CCCC(C)(CC)n1c2ccccc2c2cc3c(cc21)C(C)(C)c1ccccc1-3. The maximum absolute atomic E-state index is 2.65. The van der Waals surface area contributed by atoms with E-state index in [1.165, 1.54) is 56.9 Å². The van der Waals surface area contributed by atoms with Crippen molar-refractivity contribution in [2.75, 3.05) is 0 Å². The molecule has 1 aromatic heterocycles. The fraction of sp³-hybridized carbons (Fsp3) is 0.357. The molecule has 1 heteroatoms. The summed E-state index contributed by atoms with van der Waals surface area (Å²) in [4.78, 5) is 0. The van der Waals surface area contributed by atoms with Gasteiger partial charge in [0.2, 0.25) is 0 Å². The van der Waals surface area contributed by atoms with Crippen molar-refractivity contribution in [3.63, 3.8) is 0 Å². The van der Waals surface area contributed by atoms with Crippen molar-refractivity contribution >= 4 is 21.8 Å². The molecule has 5 rings (SSSR count). The summed E-state index contributed by atoms with van der Waals surface area (Å²) >= 11 is 0. The van der Waals surface area contributed by atoms with E-state index >= 15 is 0 Å². The molecular formula is C28H31N. The van der Waals surface area contributed by atoms with Crippen LogP contribution in [0, 0.1) is 0 Å². The Morgan fingerprint density at radius 3 is 2.28 bits per heavy atom. The minimum atomic E-state index is 0.0365. The highest BCUT2D eigenvalue weighted by atomic mass is 15.1. The zero-order valence-electron chi connectivity index (χ0n) is 18.3. The Balaban J connectivity index is 1.92. The molecule has 1 nitrogen and oxygen atoms in total. The van der Waals surface area contributed by atoms with E-state index in [0.29, 0.717) is 0 Å². The summed E-state index contributed by atoms with van der Waals surface area (Å²) in [6, 6.07) is 22.9. The fourth-order valence-corrected chi connectivity index (χ4v) is 5.73. The van der Waals surface area contributed by atoms with Crippen LogP contribution in [-0.4, -0.2) is 4.57 Å². The van der Waals surface area contributed by atoms with E-state index in [2.05, 4.69) is 99.8 Å². The van der Waals surface area contributed by atoms with Gasteiger partial charge in [0.25, 0.3) is 0 Å². The molecular weight excluding hydrogens is 350 g/mol. The summed E-state index contributed by atoms with van der Waals surface area (Å²) in [6.45, 7) is 11.8. The summed E-state index contributed by atoms with van der Waals surface area (Å²) < 4.78 is 2.65. The Morgan fingerprint density at radius 1 is 0.793 bits per heavy atom. The van der Waals surface area contributed by atoms with Crippen LogP contribution < -0.4 is 0 Å². The van der Waals surface area contributed by atoms with Gasteiger partial charge < -0.3 is 4.57 Å². The Labute approximate surface area is 174 Å². The van der Waals surface area contributed by atoms with Gasteiger partial charge in [-0.25, -0.2) is 0 Å². The monoisotopic (exact) mass is 381 g/mol. The number of nitrogens with zero attached hydrogens (tertiary/aromatic N) is 1. The predicted molar refractivity (Wildman–Crippen MR) is 126 cm³/mol. The average molecular weight is 382 g/mol. The normalized spacial score (nSPS) is 16.7. The molecule has 0 spiro atoms. The molecule has 1 aliphatic carbocycles. The molecule has 4 aromatic rings. The van der Waals surface area contributed by atoms with Crippen LogP contribution in [0.2, 0.25) is 0 Å². The summed E-state index contributed by atoms with van der Waals surface area (Å²) in [5.74, 6) is 0. The quantitative estimate of drug-likeness (QED) is 0.337. The van der Waals surface area contributed by atoms with Crippen molar-refractivity contribution in [3.8, 4) is 11.1 Å². The standard InChI is InChI=1S/C28H31N/c1-6-16-28(5,7-2)29-25-15-11-9-13-20(25)22-17-21-19-12-8-10-14-23(19)27(3,4)24(21)18-26(22)29/h8-15,17-18H,6-7,16H2,1-5H3. The Morgan fingerprint density at radius 2 is 1.52 bits per heavy atom. The first-order valence-corrected chi connectivity index (χ1v) is 11.1. The minimum absolute atomic E-state index is 0.0365. The first kappa shape index (κ1) is 18.5. The van der Waals surface area contributed by atoms with Gasteiger partial charge in [0.1, 0.15) is 0 Å². The van der Waals surface area contributed by atoms with Gasteiger partial charge in [-0.3, -0.25) is 0 Å². The summed E-state index contributed by atoms with van der Waals surface area (Å²) in [5.41, 5.74) is 8.65. The minimum Gasteiger partial charge on any atom is -0.335 e. The van der Waals surface area contributed by atoms with Gasteiger partial charge in [0, 0.05) is 32.8 Å². The van der Waals surface area contributed by atoms with Crippen LogP contribution in [0.5, 0.6) is 0 Å². The van der Waals surface area contributed by atoms with E-state index < -0.39 is 0 Å². The second-order valence-corrected chi connectivity index (χ2v) is 9.54. The third-order valence-corrected chi connectivity index (χ3v) is 7.47. The van der Waals surface area contributed by atoms with Gasteiger partial charge in [-0.15, -0.1) is 0 Å². The predicted octanol–water partition coefficient (Wildman–Crippen LogP) is 8.03. The van der Waals surface area contributed by atoms with Crippen molar-refractivity contribution in [1.29, 1.82) is 0 Å². The van der Waals surface area contributed by atoms with Gasteiger partial charge in [-0.2, -0.15) is 0 Å². The second kappa shape index (κ2) is 6.23. The van der Waals surface area contributed by atoms with E-state index in [1.54, 1.807) is 0 Å². The molecule has 0 aliphatic heterocycles. The molecule has 1 unspecified atom stereocenters. The molecule has 3 aromatic carbocycles. The van der Waals surface area contributed by atoms with Crippen LogP contribution in [0.3, 0.4) is 0 Å². The molecule has 0 fully saturated rings. The third-order valence-electron chi connectivity index (χ3n) is 7.47. The van der Waals surface area contributed by atoms with Crippen LogP contribution in [0.4, 0.5) is 0 Å². The highest BCUT2D eigenvalue weighted by Gasteiger charge is 2.37. The highest BCUT2D eigenvalue weighted by molar-refractivity contribution is 6.10. The van der Waals surface area contributed by atoms with Crippen molar-refractivity contribution in [1.82, 2.24) is 4.57 Å². The number of fused-ring (bicyclic) bond motifs is 6. The molecule has 0 amide bonds. The first-order valence-electron chi connectivity index (χ1n) is 11.1. The molecule has 0 bridgehead atoms. The maximum atomic E-state index is 2.65. The Bertz CT molecular complexity index is 1240. The van der Waals surface area contributed by atoms with Crippen molar-refractivity contribution in [2.24, 2.45) is 0 Å². The van der Waals surface area contributed by atoms with Crippen LogP contribution in [0.15, 0.2) is 60.7 Å². The van der Waals surface area contributed by atoms with E-state index in [1.807, 2.05) is 0 Å². The maximum Gasteiger partial charge on any atom is 0.0500 e. The number of benzene rings is 3. The van der Waals surface area contributed by atoms with Crippen LogP contribution in [-0.2, 0) is 11.0 Å². The first-order chi connectivity index (χ1) is 13.9. The zero-order valence-corrected chi connectivity index (χ0v) is 18.3. The van der Waals surface area contributed by atoms with Crippen LogP contribution in [0.25, 0.3) is 32.9 Å². The van der Waals surface area contributed by atoms with Crippen LogP contribution in [0.1, 0.15) is 65.0 Å². The molecule has 29 heavy (non-hydrogen) atoms. The molecule has 0 saturated carbocycles. The van der Waals surface area contributed by atoms with Gasteiger partial charge in [-0.1, -0.05) is 76.6 Å². The summed E-state index contributed by atoms with van der Waals surface area (Å²) in [6.07, 6.45) is 3.52. The molecule has 1 aliphatic rings. The number of aromatic nitrogens is 1. The molecule has 1 heterocycles. The third kappa shape index (κ3) is 2.40. The molecule has 0 N–H and O–H groups in total. The molecule has 1 atom stereocenters. The lowest BCUT2D eigenvalue weighted by atomic mass is 9.82. The summed E-state index contributed by atoms with van der Waals surface area (Å²) in [5, 5.41) is 2.77. The lowest BCUT2D eigenvalue weighted by Gasteiger charge is -2.32. The smallest absolute Gasteiger partial charge is 0.0500 e. The van der Waals surface area contributed by atoms with Crippen molar-refractivity contribution in [2.45, 2.75) is 64.8 Å². The van der Waals surface area contributed by atoms with E-state index in [0.717, 1.165) is 6.42 Å². The fourth-order valence-electron chi connectivity index (χ4n) is 5.73. The van der Waals surface area contributed by atoms with Crippen molar-refractivity contribution < 1.29 is 0 Å². The zero-order chi connectivity index (χ0) is 20.4. The number of rotatable bonds is 4. The Kier molecular flexibility index (Phi) is 3.97. The lowest BCUT2D eigenvalue weighted by Crippen LogP contribution is -2.29. The lowest BCUT2D eigenvalue weighted by molar-refractivity contribution is 0.296. The van der Waals surface area contributed by atoms with Crippen LogP contribution >= 0.6 is 0 Å². The average Bonchev–Trinajstić information content (AvgIpc) is 3.17. The molecule has 148 valence electrons. The van der Waals surface area contributed by atoms with Gasteiger partial charge in [0.15, 0.2) is 0 Å². The van der Waals surface area contributed by atoms with E-state index in [-0.39, 0.29) is 11.0 Å². The number of hydrogen-bond acceptors (Lipinski definition) is 0. The second-order valence-electron chi connectivity index (χ2n) is 9.54. The van der Waals surface area contributed by atoms with Gasteiger partial charge in [-0.05, 0) is 60.2 Å². The van der Waals surface area contributed by atoms with E-state index in [4.69, 9.17) is 0 Å². The summed E-state index contributed by atoms with van der Waals surface area (Å²) in [7, 11) is 0. The number of hydrogen-bond donors (Lipinski definition) is 0.